The van der Waals surface area contributed by atoms with Gasteiger partial charge in [0.05, 0.1) is 7.06 Å². The van der Waals surface area contributed by atoms with Gasteiger partial charge in [0.25, 0.3) is 0 Å². The first-order chi connectivity index (χ1) is 11.1. The average molecular weight is 288 g/mol. The van der Waals surface area contributed by atoms with Crippen LogP contribution < -0.4 is 5.32 Å². The van der Waals surface area contributed by atoms with Gasteiger partial charge < -0.3 is 9.73 Å². The molecule has 0 aliphatic rings. The Morgan fingerprint density at radius 2 is 1.59 bits per heavy atom. The van der Waals surface area contributed by atoms with E-state index in [0.717, 1.165) is 27.7 Å². The second-order valence-electron chi connectivity index (χ2n) is 5.59. The van der Waals surface area contributed by atoms with Gasteiger partial charge in [-0.05, 0) is 37.1 Å². The van der Waals surface area contributed by atoms with Crippen molar-refractivity contribution in [3.8, 4) is 0 Å². The van der Waals surface area contributed by atoms with E-state index in [0.29, 0.717) is 11.6 Å². The highest BCUT2D eigenvalue weighted by molar-refractivity contribution is 6.09. The minimum Gasteiger partial charge on any atom is -0.454 e. The van der Waals surface area contributed by atoms with Crippen LogP contribution in [0, 0.1) is 13.8 Å². The van der Waals surface area contributed by atoms with E-state index < -0.39 is 0 Å². The van der Waals surface area contributed by atoms with E-state index in [1.165, 1.54) is 11.1 Å². The lowest BCUT2D eigenvalue weighted by Crippen LogP contribution is -1.96. The number of fused-ring (bicyclic) bond motifs is 3. The van der Waals surface area contributed by atoms with E-state index in [1.807, 2.05) is 30.3 Å². The summed E-state index contributed by atoms with van der Waals surface area (Å²) in [5.74, 6) is 0. The number of hydrogen-bond acceptors (Lipinski definition) is 2. The Kier molecular flexibility index (Phi) is 2.65. The Hall–Kier alpha value is -2.74. The molecule has 108 valence electrons. The zero-order valence-corrected chi connectivity index (χ0v) is 12.6. The first kappa shape index (κ1) is 11.9. The second-order valence-corrected chi connectivity index (χ2v) is 5.59. The highest BCUT2D eigenvalue weighted by Gasteiger charge is 2.11. The van der Waals surface area contributed by atoms with Crippen molar-refractivity contribution in [2.75, 3.05) is 5.32 Å². The number of anilines is 2. The molecular weight excluding hydrogens is 270 g/mol. The Morgan fingerprint density at radius 3 is 2.41 bits per heavy atom. The summed E-state index contributed by atoms with van der Waals surface area (Å²) in [6.45, 7) is 4.19. The molecule has 1 heterocycles. The fourth-order valence-electron chi connectivity index (χ4n) is 2.92. The van der Waals surface area contributed by atoms with E-state index in [4.69, 9.17) is 5.79 Å². The average Bonchev–Trinajstić information content (AvgIpc) is 2.92. The summed E-state index contributed by atoms with van der Waals surface area (Å²) in [7, 11) is 0. The Bertz CT molecular complexity index is 1010. The summed E-state index contributed by atoms with van der Waals surface area (Å²) in [5, 5.41) is 5.53. The third kappa shape index (κ3) is 1.96. The third-order valence-electron chi connectivity index (χ3n) is 4.07. The van der Waals surface area contributed by atoms with E-state index in [2.05, 4.69) is 37.4 Å². The van der Waals surface area contributed by atoms with Crippen LogP contribution >= 0.6 is 0 Å². The standard InChI is InChI=1S/C20H17NO/c1-13-7-5-8-14(2)19(13)21-17-11-6-10-16-15-9-3-4-12-18(15)22-20(16)17/h3-12,21H,1-2H3/i12D. The number of hydrogen-bond donors (Lipinski definition) is 1. The van der Waals surface area contributed by atoms with Crippen molar-refractivity contribution < 1.29 is 5.79 Å². The number of para-hydroxylation sites is 3. The molecule has 2 heteroatoms. The maximum atomic E-state index is 8.04. The highest BCUT2D eigenvalue weighted by Crippen LogP contribution is 2.35. The first-order valence-corrected chi connectivity index (χ1v) is 7.39. The van der Waals surface area contributed by atoms with E-state index in [-0.39, 0.29) is 0 Å². The van der Waals surface area contributed by atoms with Gasteiger partial charge >= 0.3 is 0 Å². The van der Waals surface area contributed by atoms with E-state index in [9.17, 15) is 0 Å². The van der Waals surface area contributed by atoms with Crippen molar-refractivity contribution in [2.45, 2.75) is 13.8 Å². The molecule has 0 saturated heterocycles. The Morgan fingerprint density at radius 1 is 0.864 bits per heavy atom. The van der Waals surface area contributed by atoms with Crippen molar-refractivity contribution in [2.24, 2.45) is 0 Å². The molecule has 0 spiro atoms. The lowest BCUT2D eigenvalue weighted by Gasteiger charge is -2.12. The van der Waals surface area contributed by atoms with E-state index >= 15 is 0 Å². The number of aryl methyl sites for hydroxylation is 2. The normalized spacial score (nSPS) is 11.8. The Balaban J connectivity index is 1.94. The van der Waals surface area contributed by atoms with Gasteiger partial charge in [0.15, 0.2) is 5.58 Å². The molecule has 0 atom stereocenters. The zero-order chi connectivity index (χ0) is 16.0. The van der Waals surface area contributed by atoms with Gasteiger partial charge in [0, 0.05) is 16.5 Å². The van der Waals surface area contributed by atoms with Gasteiger partial charge in [-0.1, -0.05) is 48.5 Å². The molecular formula is C20H17NO. The van der Waals surface area contributed by atoms with Gasteiger partial charge in [0.2, 0.25) is 0 Å². The van der Waals surface area contributed by atoms with Gasteiger partial charge in [-0.2, -0.15) is 0 Å². The molecule has 1 aromatic heterocycles. The predicted octanol–water partition coefficient (Wildman–Crippen LogP) is 5.95. The lowest BCUT2D eigenvalue weighted by molar-refractivity contribution is 0.670. The van der Waals surface area contributed by atoms with Crippen LogP contribution in [0.4, 0.5) is 11.4 Å². The smallest absolute Gasteiger partial charge is 0.158 e. The number of rotatable bonds is 2. The fraction of sp³-hybridized carbons (Fsp3) is 0.100. The molecule has 0 aliphatic carbocycles. The van der Waals surface area contributed by atoms with Crippen LogP contribution in [0.5, 0.6) is 0 Å². The van der Waals surface area contributed by atoms with Crippen molar-refractivity contribution in [1.82, 2.24) is 0 Å². The number of nitrogens with one attached hydrogen (secondary N) is 1. The summed E-state index contributed by atoms with van der Waals surface area (Å²) < 4.78 is 14.1. The summed E-state index contributed by atoms with van der Waals surface area (Å²) >= 11 is 0. The third-order valence-corrected chi connectivity index (χ3v) is 4.07. The molecule has 3 aromatic carbocycles. The van der Waals surface area contributed by atoms with Gasteiger partial charge in [-0.3, -0.25) is 0 Å². The molecule has 0 aliphatic heterocycles. The molecule has 0 saturated carbocycles. The molecule has 4 aromatic rings. The quantitative estimate of drug-likeness (QED) is 0.493. The maximum Gasteiger partial charge on any atom is 0.158 e. The SMILES string of the molecule is [2H]c1cccc2c1oc1c(Nc3c(C)cccc3C)cccc12. The Labute approximate surface area is 130 Å². The maximum absolute atomic E-state index is 8.04. The highest BCUT2D eigenvalue weighted by atomic mass is 16.3. The van der Waals surface area contributed by atoms with Crippen LogP contribution in [0.25, 0.3) is 21.9 Å². The molecule has 0 unspecified atom stereocenters. The van der Waals surface area contributed by atoms with Crippen LogP contribution in [-0.2, 0) is 0 Å². The van der Waals surface area contributed by atoms with Crippen molar-refractivity contribution in [3.63, 3.8) is 0 Å². The zero-order valence-electron chi connectivity index (χ0n) is 13.6. The number of benzene rings is 3. The first-order valence-electron chi connectivity index (χ1n) is 7.89. The molecule has 0 amide bonds. The van der Waals surface area contributed by atoms with Crippen LogP contribution in [0.2, 0.25) is 0 Å². The van der Waals surface area contributed by atoms with Crippen molar-refractivity contribution in [3.05, 3.63) is 71.8 Å². The van der Waals surface area contributed by atoms with Gasteiger partial charge in [0.1, 0.15) is 5.58 Å². The monoisotopic (exact) mass is 288 g/mol. The predicted molar refractivity (Wildman–Crippen MR) is 92.9 cm³/mol. The largest absolute Gasteiger partial charge is 0.454 e. The van der Waals surface area contributed by atoms with Crippen LogP contribution in [0.3, 0.4) is 0 Å². The summed E-state index contributed by atoms with van der Waals surface area (Å²) in [6, 6.07) is 18.4. The molecule has 4 rings (SSSR count). The summed E-state index contributed by atoms with van der Waals surface area (Å²) in [4.78, 5) is 0. The van der Waals surface area contributed by atoms with Gasteiger partial charge in [-0.25, -0.2) is 0 Å². The molecule has 0 radical (unpaired) electrons. The number of furan rings is 1. The fourth-order valence-corrected chi connectivity index (χ4v) is 2.92. The van der Waals surface area contributed by atoms with Crippen LogP contribution in [0.1, 0.15) is 12.5 Å². The lowest BCUT2D eigenvalue weighted by atomic mass is 10.1. The molecule has 1 N–H and O–H groups in total. The minimum atomic E-state index is 0.414. The topological polar surface area (TPSA) is 25.2 Å². The van der Waals surface area contributed by atoms with Crippen LogP contribution in [0.15, 0.2) is 65.1 Å². The van der Waals surface area contributed by atoms with Gasteiger partial charge in [-0.15, -0.1) is 0 Å². The molecule has 22 heavy (non-hydrogen) atoms. The van der Waals surface area contributed by atoms with E-state index in [1.54, 1.807) is 6.07 Å². The minimum absolute atomic E-state index is 0.414. The second kappa shape index (κ2) is 4.92. The van der Waals surface area contributed by atoms with Crippen LogP contribution in [-0.4, -0.2) is 0 Å². The molecule has 0 fully saturated rings. The summed E-state index contributed by atoms with van der Waals surface area (Å²) in [5.41, 5.74) is 5.85. The molecule has 0 bridgehead atoms. The van der Waals surface area contributed by atoms with Crippen molar-refractivity contribution >= 4 is 33.3 Å². The molecule has 2 nitrogen and oxygen atoms in total. The van der Waals surface area contributed by atoms with Crippen molar-refractivity contribution in [1.29, 1.82) is 0 Å². The summed E-state index contributed by atoms with van der Waals surface area (Å²) in [6.07, 6.45) is 0.